The number of nitrogens with one attached hydrogen (secondary N) is 1. The van der Waals surface area contributed by atoms with E-state index in [2.05, 4.69) is 36.2 Å². The Hall–Kier alpha value is -1.39. The van der Waals surface area contributed by atoms with Crippen LogP contribution < -0.4 is 11.1 Å². The average molecular weight is 275 g/mol. The Morgan fingerprint density at radius 1 is 1.40 bits per heavy atom. The van der Waals surface area contributed by atoms with Gasteiger partial charge < -0.3 is 11.1 Å². The van der Waals surface area contributed by atoms with Crippen molar-refractivity contribution in [1.29, 1.82) is 0 Å². The fourth-order valence-corrected chi connectivity index (χ4v) is 2.77. The molecular formula is C16H25N3O. The van der Waals surface area contributed by atoms with Crippen LogP contribution in [0.25, 0.3) is 0 Å². The molecule has 1 amide bonds. The standard InChI is InChI=1S/C16H25N3O/c1-11(2)9-18-16(20)10-19(3)15-8-14(17)12-6-4-5-7-13(12)15/h4-7,11,14-15H,8-10,17H2,1-3H3,(H,18,20). The van der Waals surface area contributed by atoms with Crippen LogP contribution in [0.3, 0.4) is 0 Å². The third-order valence-electron chi connectivity index (χ3n) is 3.86. The number of rotatable bonds is 5. The second-order valence-electron chi connectivity index (χ2n) is 6.10. The SMILES string of the molecule is CC(C)CNC(=O)CN(C)C1CC(N)c2ccccc21. The molecule has 1 aromatic carbocycles. The smallest absolute Gasteiger partial charge is 0.234 e. The second-order valence-corrected chi connectivity index (χ2v) is 6.10. The summed E-state index contributed by atoms with van der Waals surface area (Å²) in [5.41, 5.74) is 8.65. The van der Waals surface area contributed by atoms with Crippen molar-refractivity contribution in [2.75, 3.05) is 20.1 Å². The Labute approximate surface area is 121 Å². The van der Waals surface area contributed by atoms with Gasteiger partial charge in [0.05, 0.1) is 6.54 Å². The zero-order chi connectivity index (χ0) is 14.7. The van der Waals surface area contributed by atoms with Crippen molar-refractivity contribution in [1.82, 2.24) is 10.2 Å². The zero-order valence-electron chi connectivity index (χ0n) is 12.6. The summed E-state index contributed by atoms with van der Waals surface area (Å²) < 4.78 is 0. The molecule has 0 aliphatic heterocycles. The van der Waals surface area contributed by atoms with Gasteiger partial charge in [0.1, 0.15) is 0 Å². The maximum atomic E-state index is 11.9. The van der Waals surface area contributed by atoms with Gasteiger partial charge in [-0.1, -0.05) is 38.1 Å². The van der Waals surface area contributed by atoms with Crippen LogP contribution in [0.1, 0.15) is 43.5 Å². The second kappa shape index (κ2) is 6.37. The molecule has 2 atom stereocenters. The van der Waals surface area contributed by atoms with Crippen LogP contribution in [0.4, 0.5) is 0 Å². The van der Waals surface area contributed by atoms with E-state index in [4.69, 9.17) is 5.73 Å². The maximum Gasteiger partial charge on any atom is 0.234 e. The lowest BCUT2D eigenvalue weighted by molar-refractivity contribution is -0.122. The van der Waals surface area contributed by atoms with E-state index in [1.165, 1.54) is 11.1 Å². The molecule has 4 heteroatoms. The van der Waals surface area contributed by atoms with Crippen LogP contribution in [0.5, 0.6) is 0 Å². The van der Waals surface area contributed by atoms with Crippen molar-refractivity contribution >= 4 is 5.91 Å². The van der Waals surface area contributed by atoms with Gasteiger partial charge in [-0.3, -0.25) is 9.69 Å². The largest absolute Gasteiger partial charge is 0.355 e. The van der Waals surface area contributed by atoms with E-state index in [9.17, 15) is 4.79 Å². The molecule has 4 nitrogen and oxygen atoms in total. The minimum atomic E-state index is 0.0809. The molecule has 2 rings (SSSR count). The van der Waals surface area contributed by atoms with E-state index in [1.54, 1.807) is 0 Å². The Morgan fingerprint density at radius 2 is 2.05 bits per heavy atom. The average Bonchev–Trinajstić information content (AvgIpc) is 2.75. The van der Waals surface area contributed by atoms with Crippen LogP contribution in [0.2, 0.25) is 0 Å². The number of nitrogens with two attached hydrogens (primary N) is 1. The Morgan fingerprint density at radius 3 is 2.70 bits per heavy atom. The predicted molar refractivity (Wildman–Crippen MR) is 81.2 cm³/mol. The van der Waals surface area contributed by atoms with Crippen LogP contribution in [-0.2, 0) is 4.79 Å². The number of hydrogen-bond acceptors (Lipinski definition) is 3. The highest BCUT2D eigenvalue weighted by molar-refractivity contribution is 5.78. The Balaban J connectivity index is 1.97. The molecule has 20 heavy (non-hydrogen) atoms. The van der Waals surface area contributed by atoms with Crippen LogP contribution in [0.15, 0.2) is 24.3 Å². The highest BCUT2D eigenvalue weighted by atomic mass is 16.2. The first kappa shape index (κ1) is 15.0. The fourth-order valence-electron chi connectivity index (χ4n) is 2.77. The summed E-state index contributed by atoms with van der Waals surface area (Å²) in [4.78, 5) is 14.0. The lowest BCUT2D eigenvalue weighted by Gasteiger charge is -2.24. The fraction of sp³-hybridized carbons (Fsp3) is 0.562. The lowest BCUT2D eigenvalue weighted by atomic mass is 10.1. The number of fused-ring (bicyclic) bond motifs is 1. The molecule has 0 bridgehead atoms. The molecule has 0 spiro atoms. The molecule has 0 heterocycles. The Kier molecular flexibility index (Phi) is 4.78. The minimum Gasteiger partial charge on any atom is -0.355 e. The van der Waals surface area contributed by atoms with Crippen molar-refractivity contribution in [2.24, 2.45) is 11.7 Å². The molecule has 0 fully saturated rings. The zero-order valence-corrected chi connectivity index (χ0v) is 12.6. The summed E-state index contributed by atoms with van der Waals surface area (Å²) in [5.74, 6) is 0.559. The summed E-state index contributed by atoms with van der Waals surface area (Å²) >= 11 is 0. The van der Waals surface area contributed by atoms with Gasteiger partial charge in [0.15, 0.2) is 0 Å². The molecule has 1 aliphatic rings. The predicted octanol–water partition coefficient (Wildman–Crippen LogP) is 1.84. The number of benzene rings is 1. The van der Waals surface area contributed by atoms with Crippen molar-refractivity contribution in [3.8, 4) is 0 Å². The first-order chi connectivity index (χ1) is 9.49. The van der Waals surface area contributed by atoms with Gasteiger partial charge in [0, 0.05) is 18.6 Å². The van der Waals surface area contributed by atoms with Gasteiger partial charge in [-0.25, -0.2) is 0 Å². The number of carbonyl (C=O) groups excluding carboxylic acids is 1. The summed E-state index contributed by atoms with van der Waals surface area (Å²) in [5, 5.41) is 2.96. The van der Waals surface area contributed by atoms with Gasteiger partial charge in [-0.2, -0.15) is 0 Å². The highest BCUT2D eigenvalue weighted by Gasteiger charge is 2.31. The van der Waals surface area contributed by atoms with E-state index in [0.29, 0.717) is 12.5 Å². The third-order valence-corrected chi connectivity index (χ3v) is 3.86. The summed E-state index contributed by atoms with van der Waals surface area (Å²) in [6.07, 6.45) is 0.882. The highest BCUT2D eigenvalue weighted by Crippen LogP contribution is 2.39. The number of hydrogen-bond donors (Lipinski definition) is 2. The van der Waals surface area contributed by atoms with Crippen molar-refractivity contribution in [3.05, 3.63) is 35.4 Å². The van der Waals surface area contributed by atoms with E-state index in [-0.39, 0.29) is 18.0 Å². The maximum absolute atomic E-state index is 11.9. The van der Waals surface area contributed by atoms with Gasteiger partial charge in [0.2, 0.25) is 5.91 Å². The molecular weight excluding hydrogens is 250 g/mol. The topological polar surface area (TPSA) is 58.4 Å². The first-order valence-electron chi connectivity index (χ1n) is 7.30. The van der Waals surface area contributed by atoms with E-state index < -0.39 is 0 Å². The summed E-state index contributed by atoms with van der Waals surface area (Å²) in [7, 11) is 1.99. The third kappa shape index (κ3) is 3.38. The molecule has 0 saturated heterocycles. The molecule has 0 radical (unpaired) electrons. The van der Waals surface area contributed by atoms with Crippen LogP contribution in [0, 0.1) is 5.92 Å². The van der Waals surface area contributed by atoms with Gasteiger partial charge in [-0.15, -0.1) is 0 Å². The van der Waals surface area contributed by atoms with Gasteiger partial charge in [0.25, 0.3) is 0 Å². The molecule has 0 saturated carbocycles. The summed E-state index contributed by atoms with van der Waals surface area (Å²) in [6, 6.07) is 8.60. The van der Waals surface area contributed by atoms with Crippen LogP contribution >= 0.6 is 0 Å². The number of carbonyl (C=O) groups is 1. The number of likely N-dealkylation sites (N-methyl/N-ethyl adjacent to an activating group) is 1. The summed E-state index contributed by atoms with van der Waals surface area (Å²) in [6.45, 7) is 5.33. The van der Waals surface area contributed by atoms with E-state index in [1.807, 2.05) is 19.2 Å². The van der Waals surface area contributed by atoms with Gasteiger partial charge >= 0.3 is 0 Å². The molecule has 110 valence electrons. The van der Waals surface area contributed by atoms with Crippen molar-refractivity contribution in [3.63, 3.8) is 0 Å². The molecule has 2 unspecified atom stereocenters. The number of amides is 1. The molecule has 1 aromatic rings. The first-order valence-corrected chi connectivity index (χ1v) is 7.30. The van der Waals surface area contributed by atoms with E-state index in [0.717, 1.165) is 13.0 Å². The van der Waals surface area contributed by atoms with Crippen molar-refractivity contribution < 1.29 is 4.79 Å². The van der Waals surface area contributed by atoms with Crippen LogP contribution in [-0.4, -0.2) is 30.9 Å². The van der Waals surface area contributed by atoms with E-state index >= 15 is 0 Å². The lowest BCUT2D eigenvalue weighted by Crippen LogP contribution is -2.38. The van der Waals surface area contributed by atoms with Gasteiger partial charge in [-0.05, 0) is 30.5 Å². The normalized spacial score (nSPS) is 21.3. The Bertz CT molecular complexity index is 473. The molecule has 0 aromatic heterocycles. The quantitative estimate of drug-likeness (QED) is 0.862. The van der Waals surface area contributed by atoms with Crippen molar-refractivity contribution in [2.45, 2.75) is 32.4 Å². The molecule has 3 N–H and O–H groups in total. The molecule has 1 aliphatic carbocycles. The minimum absolute atomic E-state index is 0.0809. The number of nitrogens with zero attached hydrogens (tertiary/aromatic N) is 1. The monoisotopic (exact) mass is 275 g/mol.